The topological polar surface area (TPSA) is 126 Å². The van der Waals surface area contributed by atoms with Gasteiger partial charge in [0.25, 0.3) is 5.91 Å². The van der Waals surface area contributed by atoms with Crippen molar-refractivity contribution < 1.29 is 29.0 Å². The molecule has 4 amide bonds. The second-order valence-electron chi connectivity index (χ2n) is 18.2. The minimum absolute atomic E-state index is 0.0856. The first-order valence-electron chi connectivity index (χ1n) is 21.6. The molecule has 308 valence electrons. The third-order valence-electron chi connectivity index (χ3n) is 14.5. The maximum Gasteiger partial charge on any atom is 0.255 e. The fraction of sp³-hybridized carbons (Fsp3) is 0.417. The lowest BCUT2D eigenvalue weighted by Gasteiger charge is -2.49. The number of nitrogens with one attached hydrogen (secondary N) is 1. The van der Waals surface area contributed by atoms with Crippen molar-refractivity contribution >= 4 is 35.0 Å². The van der Waals surface area contributed by atoms with Crippen LogP contribution in [0, 0.1) is 5.41 Å². The zero-order valence-electron chi connectivity index (χ0n) is 33.7. The quantitative estimate of drug-likeness (QED) is 0.269. The third kappa shape index (κ3) is 6.38. The van der Waals surface area contributed by atoms with Crippen LogP contribution in [0.3, 0.4) is 0 Å². The van der Waals surface area contributed by atoms with Crippen LogP contribution in [0.4, 0.5) is 11.4 Å². The van der Waals surface area contributed by atoms with Gasteiger partial charge >= 0.3 is 0 Å². The summed E-state index contributed by atoms with van der Waals surface area (Å²) in [5, 5.41) is 12.6. The zero-order chi connectivity index (χ0) is 40.7. The number of hydrogen-bond donors (Lipinski definition) is 2. The van der Waals surface area contributed by atoms with Gasteiger partial charge in [0.15, 0.2) is 0 Å². The highest BCUT2D eigenvalue weighted by atomic mass is 16.5. The number of phenolic OH excluding ortho intramolecular Hbond substituents is 1. The first kappa shape index (κ1) is 37.1. The van der Waals surface area contributed by atoms with Crippen LogP contribution >= 0.6 is 0 Å². The van der Waals surface area contributed by atoms with Gasteiger partial charge in [-0.05, 0) is 95.8 Å². The molecule has 0 aromatic heterocycles. The fourth-order valence-electron chi connectivity index (χ4n) is 11.4. The zero-order valence-corrected chi connectivity index (χ0v) is 33.7. The summed E-state index contributed by atoms with van der Waals surface area (Å²) in [5.41, 5.74) is 8.94. The Kier molecular flexibility index (Phi) is 8.91. The predicted molar refractivity (Wildman–Crippen MR) is 225 cm³/mol. The Morgan fingerprint density at radius 2 is 1.67 bits per heavy atom. The summed E-state index contributed by atoms with van der Waals surface area (Å²) in [6.07, 6.45) is 3.57. The lowest BCUT2D eigenvalue weighted by molar-refractivity contribution is -0.137. The average Bonchev–Trinajstić information content (AvgIpc) is 3.84. The molecule has 0 saturated carbocycles. The van der Waals surface area contributed by atoms with Crippen LogP contribution in [0.1, 0.15) is 75.7 Å². The highest BCUT2D eigenvalue weighted by Gasteiger charge is 2.49. The SMILES string of the molecule is O=C1CCC(N2Cc3cc4c(cc3C2=O)OC[C@@H]2CN(CC(=O)N3CCC5(C3)CN(c3ccc([C@@H]6c7ccc(O)cc7CC[C@@H]6c6ccccc6)cc3)C5)CCN42)C(=O)N1. The lowest BCUT2D eigenvalue weighted by Crippen LogP contribution is -2.59. The van der Waals surface area contributed by atoms with E-state index in [1.165, 1.54) is 27.9 Å². The molecule has 6 aliphatic heterocycles. The number of aromatic hydroxyl groups is 1. The van der Waals surface area contributed by atoms with Crippen LogP contribution in [0.25, 0.3) is 0 Å². The summed E-state index contributed by atoms with van der Waals surface area (Å²) in [4.78, 5) is 62.1. The average molecular weight is 807 g/mol. The first-order chi connectivity index (χ1) is 29.2. The summed E-state index contributed by atoms with van der Waals surface area (Å²) in [6.45, 7) is 6.90. The molecule has 11 rings (SSSR count). The van der Waals surface area contributed by atoms with Gasteiger partial charge in [-0.2, -0.15) is 0 Å². The van der Waals surface area contributed by atoms with Gasteiger partial charge in [0, 0.05) is 81.4 Å². The first-order valence-corrected chi connectivity index (χ1v) is 21.6. The van der Waals surface area contributed by atoms with E-state index in [1.54, 1.807) is 4.90 Å². The van der Waals surface area contributed by atoms with E-state index < -0.39 is 11.9 Å². The molecular formula is C48H50N6O6. The monoisotopic (exact) mass is 806 g/mol. The number of carbonyl (C=O) groups excluding carboxylic acids is 4. The van der Waals surface area contributed by atoms with Crippen molar-refractivity contribution in [3.63, 3.8) is 0 Å². The van der Waals surface area contributed by atoms with Gasteiger partial charge in [0.2, 0.25) is 17.7 Å². The normalized spacial score (nSPS) is 25.6. The maximum absolute atomic E-state index is 13.8. The third-order valence-corrected chi connectivity index (χ3v) is 14.5. The van der Waals surface area contributed by atoms with E-state index in [-0.39, 0.29) is 41.5 Å². The van der Waals surface area contributed by atoms with E-state index in [9.17, 15) is 24.3 Å². The van der Waals surface area contributed by atoms with E-state index in [2.05, 4.69) is 85.6 Å². The van der Waals surface area contributed by atoms with Gasteiger partial charge in [-0.25, -0.2) is 0 Å². The Balaban J connectivity index is 0.698. The lowest BCUT2D eigenvalue weighted by atomic mass is 9.69. The number of fused-ring (bicyclic) bond motifs is 5. The number of amides is 4. The molecule has 2 N–H and O–H groups in total. The standard InChI is InChI=1S/C48H50N6O6/c55-36-11-13-38-32(20-36)8-12-37(30-4-2-1-3-5-30)45(38)31-6-9-34(10-7-31)52-28-48(29-52)16-17-51(27-48)44(57)25-50-18-19-53-35(24-50)26-60-42-22-39-33(21-41(42)53)23-54(47(39)59)40-14-15-43(56)49-46(40)58/h1-7,9-11,13,20-22,35,37,40,45,55H,8,12,14-19,23-29H2,(H,49,56,58)/t35-,37+,40?,45-/m0/s1. The van der Waals surface area contributed by atoms with Crippen LogP contribution < -0.4 is 19.9 Å². The van der Waals surface area contributed by atoms with Gasteiger partial charge < -0.3 is 29.4 Å². The van der Waals surface area contributed by atoms with Crippen molar-refractivity contribution in [3.8, 4) is 11.5 Å². The molecule has 4 aromatic rings. The molecule has 6 heterocycles. The molecular weight excluding hydrogens is 757 g/mol. The molecule has 4 fully saturated rings. The van der Waals surface area contributed by atoms with Crippen molar-refractivity contribution in [2.45, 2.75) is 62.6 Å². The molecule has 12 heteroatoms. The number of phenols is 1. The number of aryl methyl sites for hydroxylation is 1. The number of imide groups is 1. The molecule has 1 aliphatic carbocycles. The van der Waals surface area contributed by atoms with Crippen LogP contribution in [-0.2, 0) is 27.3 Å². The van der Waals surface area contributed by atoms with Crippen molar-refractivity contribution in [1.82, 2.24) is 20.0 Å². The molecule has 7 aliphatic rings. The van der Waals surface area contributed by atoms with Gasteiger partial charge in [0.05, 0.1) is 18.3 Å². The van der Waals surface area contributed by atoms with Crippen molar-refractivity contribution in [2.75, 3.05) is 68.8 Å². The number of likely N-dealkylation sites (tertiary alicyclic amines) is 1. The number of rotatable bonds is 6. The predicted octanol–water partition coefficient (Wildman–Crippen LogP) is 4.64. The molecule has 1 spiro atoms. The van der Waals surface area contributed by atoms with Crippen molar-refractivity contribution in [3.05, 3.63) is 118 Å². The number of benzene rings is 4. The smallest absolute Gasteiger partial charge is 0.255 e. The largest absolute Gasteiger partial charge is 0.508 e. The minimum atomic E-state index is -0.654. The second kappa shape index (κ2) is 14.4. The van der Waals surface area contributed by atoms with Crippen molar-refractivity contribution in [2.24, 2.45) is 5.41 Å². The molecule has 0 radical (unpaired) electrons. The van der Waals surface area contributed by atoms with Gasteiger partial charge in [-0.1, -0.05) is 48.5 Å². The Bertz CT molecular complexity index is 2400. The van der Waals surface area contributed by atoms with Crippen LogP contribution in [0.2, 0.25) is 0 Å². The van der Waals surface area contributed by atoms with E-state index in [0.29, 0.717) is 55.6 Å². The number of carbonyl (C=O) groups is 4. The summed E-state index contributed by atoms with van der Waals surface area (Å²) >= 11 is 0. The fourth-order valence-corrected chi connectivity index (χ4v) is 11.4. The Labute approximate surface area is 349 Å². The minimum Gasteiger partial charge on any atom is -0.508 e. The maximum atomic E-state index is 13.8. The van der Waals surface area contributed by atoms with Crippen LogP contribution in [0.15, 0.2) is 84.9 Å². The number of piperazine rings is 1. The number of anilines is 2. The number of hydrogen-bond acceptors (Lipinski definition) is 9. The van der Waals surface area contributed by atoms with Gasteiger partial charge in [0.1, 0.15) is 24.1 Å². The van der Waals surface area contributed by atoms with Crippen molar-refractivity contribution in [1.29, 1.82) is 0 Å². The second-order valence-corrected chi connectivity index (χ2v) is 18.2. The number of piperidine rings is 1. The van der Waals surface area contributed by atoms with E-state index in [0.717, 1.165) is 69.8 Å². The molecule has 4 atom stereocenters. The summed E-state index contributed by atoms with van der Waals surface area (Å²) < 4.78 is 6.24. The highest BCUT2D eigenvalue weighted by Crippen LogP contribution is 2.48. The van der Waals surface area contributed by atoms with Gasteiger partial charge in [-0.15, -0.1) is 0 Å². The van der Waals surface area contributed by atoms with Crippen LogP contribution in [0.5, 0.6) is 11.5 Å². The highest BCUT2D eigenvalue weighted by molar-refractivity contribution is 6.06. The summed E-state index contributed by atoms with van der Waals surface area (Å²) in [7, 11) is 0. The van der Waals surface area contributed by atoms with Gasteiger partial charge in [-0.3, -0.25) is 29.4 Å². The van der Waals surface area contributed by atoms with E-state index in [4.69, 9.17) is 4.74 Å². The molecule has 60 heavy (non-hydrogen) atoms. The van der Waals surface area contributed by atoms with E-state index >= 15 is 0 Å². The number of nitrogens with zero attached hydrogens (tertiary/aromatic N) is 5. The number of ether oxygens (including phenoxy) is 1. The van der Waals surface area contributed by atoms with E-state index in [1.807, 2.05) is 24.3 Å². The van der Waals surface area contributed by atoms with Crippen LogP contribution in [-0.4, -0.2) is 114 Å². The molecule has 4 aromatic carbocycles. The molecule has 4 saturated heterocycles. The summed E-state index contributed by atoms with van der Waals surface area (Å²) in [5.74, 6) is 0.877. The Morgan fingerprint density at radius 3 is 2.48 bits per heavy atom. The Morgan fingerprint density at radius 1 is 0.833 bits per heavy atom. The molecule has 12 nitrogen and oxygen atoms in total. The summed E-state index contributed by atoms with van der Waals surface area (Å²) in [6, 6.07) is 29.1. The Hall–Kier alpha value is -5.88. The molecule has 0 bridgehead atoms. The molecule has 1 unspecified atom stereocenters.